The van der Waals surface area contributed by atoms with Crippen LogP contribution in [0.3, 0.4) is 0 Å². The highest BCUT2D eigenvalue weighted by Crippen LogP contribution is 2.39. The molecule has 4 nitrogen and oxygen atoms in total. The minimum Gasteiger partial charge on any atom is -0.478 e. The summed E-state index contributed by atoms with van der Waals surface area (Å²) in [4.78, 5) is 12.7. The molecular weight excluding hydrogens is 286 g/mol. The molecule has 0 radical (unpaired) electrons. The van der Waals surface area contributed by atoms with E-state index in [2.05, 4.69) is 17.7 Å². The van der Waals surface area contributed by atoms with Crippen molar-refractivity contribution >= 4 is 28.6 Å². The molecule has 0 saturated heterocycles. The van der Waals surface area contributed by atoms with E-state index >= 15 is 0 Å². The third-order valence-corrected chi connectivity index (χ3v) is 5.22. The van der Waals surface area contributed by atoms with Crippen LogP contribution in [0.5, 0.6) is 0 Å². The zero-order valence-corrected chi connectivity index (χ0v) is 12.8. The Kier molecular flexibility index (Phi) is 3.95. The van der Waals surface area contributed by atoms with Crippen LogP contribution in [-0.4, -0.2) is 33.1 Å². The highest BCUT2D eigenvalue weighted by Gasteiger charge is 2.22. The zero-order valence-electron chi connectivity index (χ0n) is 12.0. The number of benzene rings is 1. The number of aromatic carboxylic acids is 1. The van der Waals surface area contributed by atoms with Gasteiger partial charge in [-0.25, -0.2) is 4.79 Å². The molecule has 21 heavy (non-hydrogen) atoms. The fraction of sp³-hybridized carbons (Fsp3) is 0.438. The van der Waals surface area contributed by atoms with Crippen LogP contribution < -0.4 is 0 Å². The molecule has 5 heteroatoms. The van der Waals surface area contributed by atoms with Crippen LogP contribution in [0.2, 0.25) is 0 Å². The number of carboxylic acid groups (broad SMARTS) is 1. The molecule has 1 unspecified atom stereocenters. The van der Waals surface area contributed by atoms with E-state index in [1.807, 2.05) is 12.1 Å². The van der Waals surface area contributed by atoms with Crippen LogP contribution in [0.4, 0.5) is 0 Å². The molecule has 2 heterocycles. The maximum Gasteiger partial charge on any atom is 0.336 e. The zero-order chi connectivity index (χ0) is 15.0. The Hall–Kier alpha value is -1.46. The lowest BCUT2D eigenvalue weighted by molar-refractivity contribution is 0.0695. The molecule has 0 aliphatic carbocycles. The summed E-state index contributed by atoms with van der Waals surface area (Å²) < 4.78 is 2.26. The Balaban J connectivity index is 2.27. The van der Waals surface area contributed by atoms with Gasteiger partial charge in [0, 0.05) is 34.9 Å². The molecule has 0 fully saturated rings. The van der Waals surface area contributed by atoms with Crippen molar-refractivity contribution < 1.29 is 15.0 Å². The van der Waals surface area contributed by atoms with Gasteiger partial charge in [-0.1, -0.05) is 0 Å². The van der Waals surface area contributed by atoms with Crippen LogP contribution in [0.15, 0.2) is 23.2 Å². The molecule has 1 aliphatic rings. The second-order valence-electron chi connectivity index (χ2n) is 5.50. The van der Waals surface area contributed by atoms with Crippen molar-refractivity contribution in [3.63, 3.8) is 0 Å². The summed E-state index contributed by atoms with van der Waals surface area (Å²) in [5.74, 6) is 0.124. The average Bonchev–Trinajstić information content (AvgIpc) is 2.83. The molecule has 1 aliphatic heterocycles. The van der Waals surface area contributed by atoms with Gasteiger partial charge in [0.2, 0.25) is 0 Å². The van der Waals surface area contributed by atoms with Gasteiger partial charge in [0.15, 0.2) is 0 Å². The van der Waals surface area contributed by atoms with Crippen molar-refractivity contribution in [2.75, 3.05) is 12.4 Å². The SMILES string of the molecule is CC1CCSc2cc(C(=O)O)c(CCCO)c3ccn1c23. The third kappa shape index (κ3) is 2.45. The number of aromatic nitrogens is 1. The fourth-order valence-electron chi connectivity index (χ4n) is 3.05. The first-order chi connectivity index (χ1) is 10.1. The van der Waals surface area contributed by atoms with Crippen LogP contribution in [0.1, 0.15) is 41.7 Å². The minimum absolute atomic E-state index is 0.0775. The normalized spacial score (nSPS) is 17.9. The summed E-state index contributed by atoms with van der Waals surface area (Å²) in [5, 5.41) is 19.6. The topological polar surface area (TPSA) is 62.5 Å². The van der Waals surface area contributed by atoms with Gasteiger partial charge in [-0.05, 0) is 43.9 Å². The molecule has 0 saturated carbocycles. The summed E-state index contributed by atoms with van der Waals surface area (Å²) >= 11 is 1.74. The van der Waals surface area contributed by atoms with Crippen molar-refractivity contribution in [2.45, 2.75) is 37.1 Å². The number of aliphatic hydroxyl groups excluding tert-OH is 1. The maximum absolute atomic E-state index is 11.6. The van der Waals surface area contributed by atoms with Gasteiger partial charge in [0.25, 0.3) is 0 Å². The number of rotatable bonds is 4. The van der Waals surface area contributed by atoms with Crippen molar-refractivity contribution in [1.29, 1.82) is 0 Å². The smallest absolute Gasteiger partial charge is 0.336 e. The van der Waals surface area contributed by atoms with E-state index in [-0.39, 0.29) is 6.61 Å². The van der Waals surface area contributed by atoms with Crippen LogP contribution in [0, 0.1) is 0 Å². The first kappa shape index (κ1) is 14.5. The molecule has 1 aromatic carbocycles. The Morgan fingerprint density at radius 1 is 1.52 bits per heavy atom. The summed E-state index contributed by atoms with van der Waals surface area (Å²) in [5.41, 5.74) is 2.39. The molecule has 0 spiro atoms. The van der Waals surface area contributed by atoms with E-state index in [0.29, 0.717) is 24.4 Å². The van der Waals surface area contributed by atoms with E-state index in [9.17, 15) is 9.90 Å². The lowest BCUT2D eigenvalue weighted by atomic mass is 9.98. The van der Waals surface area contributed by atoms with Gasteiger partial charge >= 0.3 is 5.97 Å². The Labute approximate surface area is 127 Å². The molecule has 112 valence electrons. The summed E-state index contributed by atoms with van der Waals surface area (Å²) in [6, 6.07) is 4.27. The minimum atomic E-state index is -0.883. The van der Waals surface area contributed by atoms with Gasteiger partial charge in [0.1, 0.15) is 0 Å². The first-order valence-corrected chi connectivity index (χ1v) is 8.25. The third-order valence-electron chi connectivity index (χ3n) is 4.16. The van der Waals surface area contributed by atoms with Gasteiger partial charge in [-0.3, -0.25) is 0 Å². The fourth-order valence-corrected chi connectivity index (χ4v) is 4.29. The summed E-state index contributed by atoms with van der Waals surface area (Å²) in [6.45, 7) is 2.28. The van der Waals surface area contributed by atoms with Crippen molar-refractivity contribution in [2.24, 2.45) is 0 Å². The van der Waals surface area contributed by atoms with Crippen molar-refractivity contribution in [3.8, 4) is 0 Å². The van der Waals surface area contributed by atoms with E-state index in [0.717, 1.165) is 33.5 Å². The van der Waals surface area contributed by atoms with Gasteiger partial charge in [-0.15, -0.1) is 11.8 Å². The molecule has 0 bridgehead atoms. The quantitative estimate of drug-likeness (QED) is 0.909. The lowest BCUT2D eigenvalue weighted by Crippen LogP contribution is -2.06. The first-order valence-electron chi connectivity index (χ1n) is 7.27. The van der Waals surface area contributed by atoms with Crippen LogP contribution >= 0.6 is 11.8 Å². The predicted octanol–water partition coefficient (Wildman–Crippen LogP) is 3.32. The maximum atomic E-state index is 11.6. The number of aryl methyl sites for hydroxylation is 1. The van der Waals surface area contributed by atoms with Gasteiger partial charge in [-0.2, -0.15) is 0 Å². The monoisotopic (exact) mass is 305 g/mol. The van der Waals surface area contributed by atoms with Crippen molar-refractivity contribution in [1.82, 2.24) is 4.57 Å². The van der Waals surface area contributed by atoms with E-state index < -0.39 is 5.97 Å². The molecule has 0 amide bonds. The number of hydrogen-bond donors (Lipinski definition) is 2. The highest BCUT2D eigenvalue weighted by atomic mass is 32.2. The molecule has 1 aromatic heterocycles. The molecule has 3 rings (SSSR count). The number of aliphatic hydroxyl groups is 1. The van der Waals surface area contributed by atoms with E-state index in [4.69, 9.17) is 5.11 Å². The number of nitrogens with zero attached hydrogens (tertiary/aromatic N) is 1. The number of thioether (sulfide) groups is 1. The van der Waals surface area contributed by atoms with Crippen LogP contribution in [-0.2, 0) is 6.42 Å². The Bertz CT molecular complexity index is 692. The van der Waals surface area contributed by atoms with E-state index in [1.54, 1.807) is 11.8 Å². The summed E-state index contributed by atoms with van der Waals surface area (Å²) in [7, 11) is 0. The Morgan fingerprint density at radius 2 is 2.33 bits per heavy atom. The largest absolute Gasteiger partial charge is 0.478 e. The number of carbonyl (C=O) groups is 1. The highest BCUT2D eigenvalue weighted by molar-refractivity contribution is 7.99. The second kappa shape index (κ2) is 5.73. The second-order valence-corrected chi connectivity index (χ2v) is 6.64. The molecule has 1 atom stereocenters. The molecule has 2 aromatic rings. The Morgan fingerprint density at radius 3 is 3.05 bits per heavy atom. The summed E-state index contributed by atoms with van der Waals surface area (Å²) in [6.07, 6.45) is 4.33. The number of carboxylic acids is 1. The van der Waals surface area contributed by atoms with Crippen LogP contribution in [0.25, 0.3) is 10.9 Å². The lowest BCUT2D eigenvalue weighted by Gasteiger charge is -2.14. The standard InChI is InChI=1S/C16H19NO3S/c1-10-5-8-21-14-9-13(16(19)20)11(3-2-7-18)12-4-6-17(10)15(12)14/h4,6,9-10,18H,2-3,5,7-8H2,1H3,(H,19,20). The molecular formula is C16H19NO3S. The molecule has 2 N–H and O–H groups in total. The van der Waals surface area contributed by atoms with Gasteiger partial charge < -0.3 is 14.8 Å². The average molecular weight is 305 g/mol. The number of hydrogen-bond acceptors (Lipinski definition) is 3. The van der Waals surface area contributed by atoms with Crippen molar-refractivity contribution in [3.05, 3.63) is 29.5 Å². The van der Waals surface area contributed by atoms with E-state index in [1.165, 1.54) is 0 Å². The van der Waals surface area contributed by atoms with Gasteiger partial charge in [0.05, 0.1) is 11.1 Å². The predicted molar refractivity (Wildman–Crippen MR) is 84.4 cm³/mol.